The van der Waals surface area contributed by atoms with E-state index in [1.807, 2.05) is 51.1 Å². The molecule has 1 aromatic heterocycles. The SMILES string of the molecule is CCCCCCCCCCCCCCCc1cccc(OC(CC)C(=O)Nc2cc(=O)n(-c3c(C)cc(C)cc3Cl)[nH]2)c1. The van der Waals surface area contributed by atoms with Gasteiger partial charge in [0.2, 0.25) is 0 Å². The third kappa shape index (κ3) is 11.6. The number of hydrogen-bond donors (Lipinski definition) is 2. The highest BCUT2D eigenvalue weighted by Gasteiger charge is 2.21. The number of aromatic nitrogens is 2. The minimum absolute atomic E-state index is 0.296. The Kier molecular flexibility index (Phi) is 14.9. The first-order valence-electron chi connectivity index (χ1n) is 16.5. The summed E-state index contributed by atoms with van der Waals surface area (Å²) in [6.45, 7) is 8.03. The molecular weight excluding hydrogens is 558 g/mol. The lowest BCUT2D eigenvalue weighted by atomic mass is 10.0. The summed E-state index contributed by atoms with van der Waals surface area (Å²) in [7, 11) is 0. The van der Waals surface area contributed by atoms with Gasteiger partial charge in [-0.1, -0.05) is 121 Å². The molecule has 0 aliphatic rings. The summed E-state index contributed by atoms with van der Waals surface area (Å²) in [6.07, 6.45) is 18.3. The van der Waals surface area contributed by atoms with Crippen LogP contribution in [0, 0.1) is 13.8 Å². The number of hydrogen-bond acceptors (Lipinski definition) is 3. The molecular formula is C36H52ClN3O3. The number of halogens is 1. The molecule has 236 valence electrons. The van der Waals surface area contributed by atoms with Gasteiger partial charge < -0.3 is 10.1 Å². The molecule has 0 bridgehead atoms. The maximum atomic E-state index is 13.1. The van der Waals surface area contributed by atoms with Crippen molar-refractivity contribution in [1.82, 2.24) is 9.78 Å². The van der Waals surface area contributed by atoms with Gasteiger partial charge in [0.15, 0.2) is 6.10 Å². The van der Waals surface area contributed by atoms with Crippen molar-refractivity contribution in [2.24, 2.45) is 0 Å². The van der Waals surface area contributed by atoms with Crippen molar-refractivity contribution < 1.29 is 9.53 Å². The lowest BCUT2D eigenvalue weighted by Crippen LogP contribution is -2.32. The average Bonchev–Trinajstić information content (AvgIpc) is 3.32. The van der Waals surface area contributed by atoms with Crippen molar-refractivity contribution in [3.63, 3.8) is 0 Å². The number of carbonyl (C=O) groups excluding carboxylic acids is 1. The van der Waals surface area contributed by atoms with Crippen molar-refractivity contribution in [3.8, 4) is 11.4 Å². The molecule has 0 radical (unpaired) electrons. The minimum atomic E-state index is -0.692. The van der Waals surface area contributed by atoms with Gasteiger partial charge in [0.1, 0.15) is 11.6 Å². The molecule has 0 aliphatic heterocycles. The maximum absolute atomic E-state index is 13.1. The van der Waals surface area contributed by atoms with E-state index in [9.17, 15) is 9.59 Å². The second-order valence-corrected chi connectivity index (χ2v) is 12.3. The Morgan fingerprint density at radius 3 is 2.12 bits per heavy atom. The van der Waals surface area contributed by atoms with Crippen molar-refractivity contribution in [2.45, 2.75) is 130 Å². The van der Waals surface area contributed by atoms with Gasteiger partial charge in [-0.25, -0.2) is 4.68 Å². The molecule has 3 aromatic rings. The average molecular weight is 610 g/mol. The van der Waals surface area contributed by atoms with Crippen LogP contribution in [0.25, 0.3) is 5.69 Å². The van der Waals surface area contributed by atoms with Crippen LogP contribution in [-0.2, 0) is 11.2 Å². The van der Waals surface area contributed by atoms with Gasteiger partial charge in [-0.05, 0) is 68.0 Å². The quantitative estimate of drug-likeness (QED) is 0.125. The molecule has 0 fully saturated rings. The van der Waals surface area contributed by atoms with Gasteiger partial charge in [0.05, 0.1) is 10.7 Å². The molecule has 3 rings (SSSR count). The lowest BCUT2D eigenvalue weighted by Gasteiger charge is -2.17. The van der Waals surface area contributed by atoms with Crippen LogP contribution in [0.3, 0.4) is 0 Å². The van der Waals surface area contributed by atoms with E-state index in [-0.39, 0.29) is 11.5 Å². The third-order valence-corrected chi connectivity index (χ3v) is 8.30. The number of rotatable bonds is 20. The number of carbonyl (C=O) groups is 1. The number of nitrogens with zero attached hydrogens (tertiary/aromatic N) is 1. The number of unbranched alkanes of at least 4 members (excludes halogenated alkanes) is 12. The predicted octanol–water partition coefficient (Wildman–Crippen LogP) is 9.87. The Morgan fingerprint density at radius 2 is 1.51 bits per heavy atom. The van der Waals surface area contributed by atoms with Crippen molar-refractivity contribution >= 4 is 23.3 Å². The fourth-order valence-corrected chi connectivity index (χ4v) is 6.04. The molecule has 7 heteroatoms. The van der Waals surface area contributed by atoms with E-state index in [1.165, 1.54) is 93.4 Å². The second-order valence-electron chi connectivity index (χ2n) is 11.9. The van der Waals surface area contributed by atoms with Crippen LogP contribution in [0.4, 0.5) is 5.82 Å². The van der Waals surface area contributed by atoms with Gasteiger partial charge in [-0.3, -0.25) is 14.7 Å². The van der Waals surface area contributed by atoms with Gasteiger partial charge in [-0.2, -0.15) is 0 Å². The normalized spacial score (nSPS) is 11.9. The number of H-pyrrole nitrogens is 1. The molecule has 2 N–H and O–H groups in total. The van der Waals surface area contributed by atoms with Crippen LogP contribution >= 0.6 is 11.6 Å². The Labute approximate surface area is 263 Å². The highest BCUT2D eigenvalue weighted by molar-refractivity contribution is 6.32. The van der Waals surface area contributed by atoms with Gasteiger partial charge in [0.25, 0.3) is 11.5 Å². The van der Waals surface area contributed by atoms with E-state index in [1.54, 1.807) is 0 Å². The molecule has 0 saturated carbocycles. The highest BCUT2D eigenvalue weighted by atomic mass is 35.5. The molecule has 0 spiro atoms. The fraction of sp³-hybridized carbons (Fsp3) is 0.556. The van der Waals surface area contributed by atoms with E-state index in [2.05, 4.69) is 23.4 Å². The number of benzene rings is 2. The van der Waals surface area contributed by atoms with Gasteiger partial charge in [0, 0.05) is 6.07 Å². The molecule has 43 heavy (non-hydrogen) atoms. The van der Waals surface area contributed by atoms with Crippen LogP contribution in [0.5, 0.6) is 5.75 Å². The van der Waals surface area contributed by atoms with Crippen LogP contribution in [-0.4, -0.2) is 21.8 Å². The predicted molar refractivity (Wildman–Crippen MR) is 180 cm³/mol. The third-order valence-electron chi connectivity index (χ3n) is 8.01. The second kappa shape index (κ2) is 18.6. The summed E-state index contributed by atoms with van der Waals surface area (Å²) in [5.41, 5.74) is 3.36. The van der Waals surface area contributed by atoms with Gasteiger partial charge >= 0.3 is 0 Å². The first-order chi connectivity index (χ1) is 20.8. The van der Waals surface area contributed by atoms with E-state index < -0.39 is 6.10 Å². The largest absolute Gasteiger partial charge is 0.481 e. The monoisotopic (exact) mass is 609 g/mol. The van der Waals surface area contributed by atoms with E-state index in [0.717, 1.165) is 24.0 Å². The lowest BCUT2D eigenvalue weighted by molar-refractivity contribution is -0.122. The van der Waals surface area contributed by atoms with E-state index in [4.69, 9.17) is 16.3 Å². The van der Waals surface area contributed by atoms with Crippen LogP contribution in [0.2, 0.25) is 5.02 Å². The smallest absolute Gasteiger partial charge is 0.273 e. The molecule has 0 aliphatic carbocycles. The highest BCUT2D eigenvalue weighted by Crippen LogP contribution is 2.25. The Morgan fingerprint density at radius 1 is 0.884 bits per heavy atom. The zero-order valence-electron chi connectivity index (χ0n) is 26.8. The molecule has 1 atom stereocenters. The zero-order chi connectivity index (χ0) is 31.0. The molecule has 1 amide bonds. The number of aryl methyl sites for hydroxylation is 3. The zero-order valence-corrected chi connectivity index (χ0v) is 27.5. The van der Waals surface area contributed by atoms with E-state index >= 15 is 0 Å². The summed E-state index contributed by atoms with van der Waals surface area (Å²) >= 11 is 6.44. The van der Waals surface area contributed by atoms with Crippen molar-refractivity contribution in [1.29, 1.82) is 0 Å². The summed E-state index contributed by atoms with van der Waals surface area (Å²) < 4.78 is 7.45. The molecule has 2 aromatic carbocycles. The summed E-state index contributed by atoms with van der Waals surface area (Å²) in [4.78, 5) is 25.8. The topological polar surface area (TPSA) is 76.1 Å². The molecule has 0 saturated heterocycles. The van der Waals surface area contributed by atoms with Crippen LogP contribution in [0.1, 0.15) is 120 Å². The van der Waals surface area contributed by atoms with Crippen molar-refractivity contribution in [3.05, 3.63) is 74.5 Å². The standard InChI is InChI=1S/C36H52ClN3O3/c1-5-7-8-9-10-11-12-13-14-15-16-17-18-20-29-21-19-22-30(25-29)43-32(6-2)36(42)38-33-26-34(41)40(39-33)35-28(4)23-27(3)24-31(35)37/h19,21-26,32,39H,5-18,20H2,1-4H3,(H,38,42). The number of nitrogens with one attached hydrogen (secondary N) is 2. The minimum Gasteiger partial charge on any atom is -0.481 e. The Hall–Kier alpha value is -2.99. The Bertz CT molecular complexity index is 1310. The Balaban J connectivity index is 1.41. The first kappa shape index (κ1) is 34.5. The number of amides is 1. The van der Waals surface area contributed by atoms with Crippen LogP contribution < -0.4 is 15.6 Å². The maximum Gasteiger partial charge on any atom is 0.273 e. The summed E-state index contributed by atoms with van der Waals surface area (Å²) in [5, 5.41) is 6.24. The van der Waals surface area contributed by atoms with Gasteiger partial charge in [-0.15, -0.1) is 0 Å². The summed E-state index contributed by atoms with van der Waals surface area (Å²) in [6, 6.07) is 13.2. The molecule has 1 heterocycles. The first-order valence-corrected chi connectivity index (χ1v) is 16.9. The molecule has 6 nitrogen and oxygen atoms in total. The summed E-state index contributed by atoms with van der Waals surface area (Å²) in [5.74, 6) is 0.663. The fourth-order valence-electron chi connectivity index (χ4n) is 5.64. The van der Waals surface area contributed by atoms with Crippen molar-refractivity contribution in [2.75, 3.05) is 5.32 Å². The number of ether oxygens (including phenoxy) is 1. The molecule has 1 unspecified atom stereocenters. The van der Waals surface area contributed by atoms with E-state index in [0.29, 0.717) is 28.7 Å². The number of aromatic amines is 1. The number of anilines is 1. The van der Waals surface area contributed by atoms with Crippen LogP contribution in [0.15, 0.2) is 47.3 Å².